The smallest absolute Gasteiger partial charge is 0.164 e. The quantitative estimate of drug-likeness (QED) is 0.282. The summed E-state index contributed by atoms with van der Waals surface area (Å²) in [6.45, 7) is 14.7. The van der Waals surface area contributed by atoms with Crippen LogP contribution in [-0.2, 0) is 14.2 Å². The number of thioether (sulfide) groups is 1. The Hall–Kier alpha value is -0.330. The van der Waals surface area contributed by atoms with Gasteiger partial charge in [-0.05, 0) is 99.7 Å². The molecule has 4 nitrogen and oxygen atoms in total. The Morgan fingerprint density at radius 1 is 1.13 bits per heavy atom. The van der Waals surface area contributed by atoms with E-state index in [4.69, 9.17) is 14.2 Å². The highest BCUT2D eigenvalue weighted by molar-refractivity contribution is 7.98. The molecule has 1 saturated carbocycles. The van der Waals surface area contributed by atoms with Crippen molar-refractivity contribution in [3.8, 4) is 0 Å². The molecule has 0 radical (unpaired) electrons. The van der Waals surface area contributed by atoms with Crippen LogP contribution in [0.5, 0.6) is 0 Å². The summed E-state index contributed by atoms with van der Waals surface area (Å²) in [5, 5.41) is 10.7. The van der Waals surface area contributed by atoms with E-state index in [9.17, 15) is 5.11 Å². The van der Waals surface area contributed by atoms with Crippen molar-refractivity contribution < 1.29 is 19.3 Å². The normalized spacial score (nSPS) is 27.2. The van der Waals surface area contributed by atoms with Gasteiger partial charge in [-0.3, -0.25) is 0 Å². The van der Waals surface area contributed by atoms with Crippen LogP contribution >= 0.6 is 11.8 Å². The largest absolute Gasteiger partial charge is 0.387 e. The van der Waals surface area contributed by atoms with Crippen molar-refractivity contribution in [2.75, 3.05) is 12.2 Å². The van der Waals surface area contributed by atoms with Gasteiger partial charge in [-0.1, -0.05) is 23.3 Å². The van der Waals surface area contributed by atoms with Gasteiger partial charge in [0.15, 0.2) is 5.79 Å². The Morgan fingerprint density at radius 2 is 1.77 bits per heavy atom. The Bertz CT molecular complexity index is 633. The molecular weight excluding hydrogens is 396 g/mol. The molecule has 1 unspecified atom stereocenters. The lowest BCUT2D eigenvalue weighted by Crippen LogP contribution is -2.43. The highest BCUT2D eigenvalue weighted by Gasteiger charge is 2.56. The summed E-state index contributed by atoms with van der Waals surface area (Å²) in [4.78, 5) is 0. The number of rotatable bonds is 12. The average molecular weight is 441 g/mol. The zero-order chi connectivity index (χ0) is 22.6. The fourth-order valence-electron chi connectivity index (χ4n) is 4.31. The predicted octanol–water partition coefficient (Wildman–Crippen LogP) is 6.38. The van der Waals surface area contributed by atoms with Gasteiger partial charge in [0.1, 0.15) is 0 Å². The van der Waals surface area contributed by atoms with Gasteiger partial charge in [-0.25, -0.2) is 0 Å². The van der Waals surface area contributed by atoms with Crippen molar-refractivity contribution in [1.29, 1.82) is 0 Å². The van der Waals surface area contributed by atoms with Gasteiger partial charge < -0.3 is 19.3 Å². The van der Waals surface area contributed by atoms with Crippen molar-refractivity contribution in [3.05, 3.63) is 23.3 Å². The van der Waals surface area contributed by atoms with E-state index >= 15 is 0 Å². The third-order valence-corrected chi connectivity index (χ3v) is 6.94. The monoisotopic (exact) mass is 440 g/mol. The van der Waals surface area contributed by atoms with Crippen molar-refractivity contribution in [3.63, 3.8) is 0 Å². The molecule has 2 rings (SSSR count). The van der Waals surface area contributed by atoms with E-state index in [0.717, 1.165) is 44.9 Å². The number of ether oxygens (including phenoxy) is 3. The molecule has 1 aliphatic carbocycles. The molecule has 2 fully saturated rings. The molecule has 0 bridgehead atoms. The minimum absolute atomic E-state index is 0.129. The average Bonchev–Trinajstić information content (AvgIpc) is 3.35. The fraction of sp³-hybridized carbons (Fsp3) is 0.840. The lowest BCUT2D eigenvalue weighted by molar-refractivity contribution is -0.157. The minimum atomic E-state index is -0.648. The van der Waals surface area contributed by atoms with Crippen LogP contribution < -0.4 is 0 Å². The Balaban J connectivity index is 1.78. The van der Waals surface area contributed by atoms with Crippen LogP contribution in [0.2, 0.25) is 0 Å². The van der Waals surface area contributed by atoms with Crippen LogP contribution in [-0.4, -0.2) is 46.0 Å². The van der Waals surface area contributed by atoms with Crippen molar-refractivity contribution in [1.82, 2.24) is 0 Å². The Kier molecular flexibility index (Phi) is 8.71. The summed E-state index contributed by atoms with van der Waals surface area (Å²) in [6, 6.07) is 0. The molecule has 174 valence electrons. The first-order valence-corrected chi connectivity index (χ1v) is 12.8. The number of allylic oxidation sites excluding steroid dienone is 3. The number of hydrogen-bond acceptors (Lipinski definition) is 5. The fourth-order valence-corrected chi connectivity index (χ4v) is 4.69. The maximum atomic E-state index is 10.7. The number of hydrogen-bond donors (Lipinski definition) is 1. The van der Waals surface area contributed by atoms with Gasteiger partial charge in [0.05, 0.1) is 28.8 Å². The summed E-state index contributed by atoms with van der Waals surface area (Å²) >= 11 is 1.66. The third-order valence-electron chi connectivity index (χ3n) is 6.59. The SMILES string of the molecule is CSCO[C@](C)(C/C=C(\C)CC/C=C(/C)CCC1OC(C)(C)OC1(C)C)C1(O)CC1. The molecule has 2 atom stereocenters. The second-order valence-electron chi connectivity index (χ2n) is 10.4. The lowest BCUT2D eigenvalue weighted by Gasteiger charge is -2.34. The third kappa shape index (κ3) is 7.09. The summed E-state index contributed by atoms with van der Waals surface area (Å²) in [6.07, 6.45) is 13.3. The molecule has 0 spiro atoms. The zero-order valence-corrected chi connectivity index (χ0v) is 21.3. The van der Waals surface area contributed by atoms with E-state index in [1.165, 1.54) is 11.1 Å². The second kappa shape index (κ2) is 10.1. The molecule has 30 heavy (non-hydrogen) atoms. The molecule has 2 aliphatic rings. The zero-order valence-electron chi connectivity index (χ0n) is 20.5. The molecule has 1 heterocycles. The topological polar surface area (TPSA) is 47.9 Å². The van der Waals surface area contributed by atoms with Crippen molar-refractivity contribution in [2.45, 2.75) is 122 Å². The predicted molar refractivity (Wildman–Crippen MR) is 127 cm³/mol. The summed E-state index contributed by atoms with van der Waals surface area (Å²) < 4.78 is 18.2. The molecular formula is C25H44O4S. The van der Waals surface area contributed by atoms with Crippen molar-refractivity contribution >= 4 is 11.8 Å². The molecule has 5 heteroatoms. The molecule has 0 aromatic carbocycles. The molecule has 1 saturated heterocycles. The van der Waals surface area contributed by atoms with Crippen LogP contribution in [0.1, 0.15) is 93.4 Å². The summed E-state index contributed by atoms with van der Waals surface area (Å²) in [5.41, 5.74) is 1.40. The van der Waals surface area contributed by atoms with Crippen LogP contribution in [0.25, 0.3) is 0 Å². The van der Waals surface area contributed by atoms with Gasteiger partial charge in [0, 0.05) is 0 Å². The van der Waals surface area contributed by atoms with Gasteiger partial charge in [-0.2, -0.15) is 0 Å². The van der Waals surface area contributed by atoms with Gasteiger partial charge in [0.25, 0.3) is 0 Å². The highest BCUT2D eigenvalue weighted by Crippen LogP contribution is 2.49. The van der Waals surface area contributed by atoms with E-state index in [0.29, 0.717) is 5.94 Å². The molecule has 1 aliphatic heterocycles. The Labute approximate surface area is 188 Å². The van der Waals surface area contributed by atoms with Gasteiger partial charge in [0.2, 0.25) is 0 Å². The van der Waals surface area contributed by atoms with Crippen molar-refractivity contribution in [2.24, 2.45) is 0 Å². The van der Waals surface area contributed by atoms with Crippen LogP contribution in [0.15, 0.2) is 23.3 Å². The lowest BCUT2D eigenvalue weighted by atomic mass is 9.91. The van der Waals surface area contributed by atoms with E-state index in [2.05, 4.69) is 46.8 Å². The first kappa shape index (κ1) is 25.9. The standard InChI is InChI=1S/C25H44O4S/c1-19(12-13-21-22(3,4)29-23(5,6)28-21)10-9-11-20(2)14-15-24(7,27-18-30-8)25(26)16-17-25/h10,14,21,26H,9,11-13,15-18H2,1-8H3/b19-10-,20-14+/t21?,24-/m1/s1. The molecule has 0 amide bonds. The van der Waals surface area contributed by atoms with Crippen LogP contribution in [0.4, 0.5) is 0 Å². The van der Waals surface area contributed by atoms with E-state index in [1.807, 2.05) is 20.1 Å². The van der Waals surface area contributed by atoms with E-state index in [1.54, 1.807) is 11.8 Å². The molecule has 0 aromatic rings. The van der Waals surface area contributed by atoms with Crippen LogP contribution in [0.3, 0.4) is 0 Å². The maximum Gasteiger partial charge on any atom is 0.164 e. The van der Waals surface area contributed by atoms with Gasteiger partial charge >= 0.3 is 0 Å². The first-order chi connectivity index (χ1) is 13.8. The molecule has 0 aromatic heterocycles. The van der Waals surface area contributed by atoms with E-state index < -0.39 is 17.0 Å². The highest BCUT2D eigenvalue weighted by atomic mass is 32.2. The Morgan fingerprint density at radius 3 is 2.30 bits per heavy atom. The van der Waals surface area contributed by atoms with Crippen LogP contribution in [0, 0.1) is 0 Å². The van der Waals surface area contributed by atoms with Gasteiger partial charge in [-0.15, -0.1) is 11.8 Å². The van der Waals surface area contributed by atoms with E-state index in [-0.39, 0.29) is 11.7 Å². The first-order valence-electron chi connectivity index (χ1n) is 11.4. The number of aliphatic hydroxyl groups is 1. The summed E-state index contributed by atoms with van der Waals surface area (Å²) in [7, 11) is 0. The maximum absolute atomic E-state index is 10.7. The minimum Gasteiger partial charge on any atom is -0.387 e. The summed E-state index contributed by atoms with van der Waals surface area (Å²) in [5.74, 6) is 0.132. The molecule has 1 N–H and O–H groups in total. The second-order valence-corrected chi connectivity index (χ2v) is 11.2.